The first kappa shape index (κ1) is 21.1. The van der Waals surface area contributed by atoms with Crippen molar-refractivity contribution >= 4 is 5.69 Å². The molecule has 0 bridgehead atoms. The molecule has 162 valence electrons. The third-order valence-corrected chi connectivity index (χ3v) is 5.99. The van der Waals surface area contributed by atoms with E-state index in [0.29, 0.717) is 5.69 Å². The lowest BCUT2D eigenvalue weighted by Crippen LogP contribution is -2.04. The molecule has 0 amide bonds. The highest BCUT2D eigenvalue weighted by Gasteiger charge is 2.25. The molecule has 0 fully saturated rings. The van der Waals surface area contributed by atoms with Crippen molar-refractivity contribution in [3.05, 3.63) is 127 Å². The molecular formula is C32H24N2. The molecule has 2 nitrogen and oxygen atoms in total. The molecule has 5 aromatic carbocycles. The summed E-state index contributed by atoms with van der Waals surface area (Å²) >= 11 is 0. The van der Waals surface area contributed by atoms with Gasteiger partial charge in [0, 0.05) is 22.7 Å². The molecule has 0 unspecified atom stereocenters. The first-order valence-electron chi connectivity index (χ1n) is 11.2. The van der Waals surface area contributed by atoms with Crippen molar-refractivity contribution in [1.82, 2.24) is 0 Å². The Kier molecular flexibility index (Phi) is 5.84. The van der Waals surface area contributed by atoms with Gasteiger partial charge in [0.2, 0.25) is 0 Å². The fraction of sp³-hybridized carbons (Fsp3) is 0. The zero-order valence-electron chi connectivity index (χ0n) is 18.7. The van der Waals surface area contributed by atoms with Gasteiger partial charge in [-0.25, -0.2) is 0 Å². The fourth-order valence-electron chi connectivity index (χ4n) is 4.56. The van der Waals surface area contributed by atoms with Gasteiger partial charge in [-0.05, 0) is 33.7 Å². The van der Waals surface area contributed by atoms with Gasteiger partial charge in [-0.2, -0.15) is 0 Å². The zero-order valence-corrected chi connectivity index (χ0v) is 18.7. The van der Waals surface area contributed by atoms with E-state index in [1.807, 2.05) is 48.5 Å². The Balaban J connectivity index is 2.06. The zero-order chi connectivity index (χ0) is 23.3. The predicted octanol–water partition coefficient (Wildman–Crippen LogP) is 7.20. The molecule has 0 aliphatic heterocycles. The van der Waals surface area contributed by atoms with E-state index >= 15 is 0 Å². The molecule has 4 N–H and O–H groups in total. The van der Waals surface area contributed by atoms with Crippen molar-refractivity contribution in [1.29, 1.82) is 0 Å². The molecule has 34 heavy (non-hydrogen) atoms. The molecule has 2 heteroatoms. The second-order valence-corrected chi connectivity index (χ2v) is 8.02. The Morgan fingerprint density at radius 1 is 0.412 bits per heavy atom. The van der Waals surface area contributed by atoms with Gasteiger partial charge in [-0.1, -0.05) is 121 Å². The predicted molar refractivity (Wildman–Crippen MR) is 144 cm³/mol. The highest BCUT2D eigenvalue weighted by Crippen LogP contribution is 2.50. The van der Waals surface area contributed by atoms with Gasteiger partial charge in [-0.3, -0.25) is 0 Å². The van der Waals surface area contributed by atoms with E-state index in [1.54, 1.807) is 0 Å². The van der Waals surface area contributed by atoms with Crippen LogP contribution in [0.25, 0.3) is 44.5 Å². The van der Waals surface area contributed by atoms with Gasteiger partial charge in [0.1, 0.15) is 0 Å². The van der Waals surface area contributed by atoms with Crippen LogP contribution in [0.4, 0.5) is 5.69 Å². The number of nitrogens with two attached hydrogens (primary N) is 2. The minimum Gasteiger partial charge on any atom is -0.397 e. The summed E-state index contributed by atoms with van der Waals surface area (Å²) in [6, 6.07) is 44.0. The molecule has 5 rings (SSSR count). The Bertz CT molecular complexity index is 1480. The summed E-state index contributed by atoms with van der Waals surface area (Å²) < 4.78 is 0. The molecule has 0 spiro atoms. The Hall–Kier alpha value is -4.74. The maximum absolute atomic E-state index is 6.97. The number of hydrogen-bond acceptors (Lipinski definition) is 2. The smallest absolute Gasteiger partial charge is 0.0584 e. The van der Waals surface area contributed by atoms with Crippen molar-refractivity contribution in [2.45, 2.75) is 0 Å². The maximum Gasteiger partial charge on any atom is 0.0584 e. The van der Waals surface area contributed by atoms with E-state index in [-0.39, 0.29) is 0 Å². The summed E-state index contributed by atoms with van der Waals surface area (Å²) in [4.78, 5) is 0. The van der Waals surface area contributed by atoms with Crippen LogP contribution in [-0.2, 0) is 0 Å². The van der Waals surface area contributed by atoms with Crippen LogP contribution in [0.3, 0.4) is 0 Å². The summed E-state index contributed by atoms with van der Waals surface area (Å²) in [5, 5.41) is 0. The van der Waals surface area contributed by atoms with Crippen LogP contribution in [-0.4, -0.2) is 0 Å². The summed E-state index contributed by atoms with van der Waals surface area (Å²) in [5.41, 5.74) is 22.5. The van der Waals surface area contributed by atoms with E-state index in [2.05, 4.69) is 84.8 Å². The monoisotopic (exact) mass is 436 g/mol. The quantitative estimate of drug-likeness (QED) is 0.178. The summed E-state index contributed by atoms with van der Waals surface area (Å²) in [7, 11) is 0. The number of benzene rings is 5. The first-order valence-corrected chi connectivity index (χ1v) is 11.2. The summed E-state index contributed by atoms with van der Waals surface area (Å²) in [6.07, 6.45) is 0. The van der Waals surface area contributed by atoms with Gasteiger partial charge < -0.3 is 11.5 Å². The minimum atomic E-state index is 0.626. The molecular weight excluding hydrogens is 412 g/mol. The minimum absolute atomic E-state index is 0.626. The topological polar surface area (TPSA) is 52.0 Å². The van der Waals surface area contributed by atoms with Gasteiger partial charge in [0.05, 0.1) is 11.3 Å². The van der Waals surface area contributed by atoms with Gasteiger partial charge in [-0.15, -0.1) is 0 Å². The summed E-state index contributed by atoms with van der Waals surface area (Å²) in [5.74, 6) is 3.14. The average molecular weight is 437 g/mol. The lowest BCUT2D eigenvalue weighted by Gasteiger charge is -2.24. The highest BCUT2D eigenvalue weighted by atomic mass is 14.6. The first-order chi connectivity index (χ1) is 16.8. The molecule has 0 radical (unpaired) electrons. The van der Waals surface area contributed by atoms with Crippen LogP contribution in [0.1, 0.15) is 5.56 Å². The van der Waals surface area contributed by atoms with Crippen LogP contribution in [0.5, 0.6) is 0 Å². The molecule has 0 atom stereocenters. The Morgan fingerprint density at radius 3 is 1.12 bits per heavy atom. The molecule has 0 heterocycles. The van der Waals surface area contributed by atoms with E-state index < -0.39 is 0 Å². The van der Waals surface area contributed by atoms with Crippen LogP contribution < -0.4 is 11.5 Å². The normalized spacial score (nSPS) is 10.4. The van der Waals surface area contributed by atoms with Gasteiger partial charge in [0.25, 0.3) is 0 Å². The third kappa shape index (κ3) is 3.81. The highest BCUT2D eigenvalue weighted by molar-refractivity contribution is 6.08. The van der Waals surface area contributed by atoms with E-state index in [0.717, 1.165) is 50.1 Å². The second-order valence-electron chi connectivity index (χ2n) is 8.02. The number of rotatable bonds is 4. The van der Waals surface area contributed by atoms with E-state index in [4.69, 9.17) is 11.5 Å². The maximum atomic E-state index is 6.97. The van der Waals surface area contributed by atoms with E-state index in [9.17, 15) is 0 Å². The number of anilines is 1. The lowest BCUT2D eigenvalue weighted by atomic mass is 9.79. The Morgan fingerprint density at radius 2 is 0.735 bits per heavy atom. The summed E-state index contributed by atoms with van der Waals surface area (Å²) in [6.45, 7) is 0. The van der Waals surface area contributed by atoms with E-state index in [1.165, 1.54) is 0 Å². The van der Waals surface area contributed by atoms with Crippen LogP contribution in [0, 0.1) is 12.0 Å². The second kappa shape index (κ2) is 9.40. The molecule has 0 aliphatic carbocycles. The largest absolute Gasteiger partial charge is 0.397 e. The van der Waals surface area contributed by atoms with Gasteiger partial charge in [0.15, 0.2) is 0 Å². The third-order valence-electron chi connectivity index (χ3n) is 5.99. The van der Waals surface area contributed by atoms with Crippen molar-refractivity contribution in [3.63, 3.8) is 0 Å². The fourth-order valence-corrected chi connectivity index (χ4v) is 4.56. The molecule has 0 saturated heterocycles. The van der Waals surface area contributed by atoms with Crippen molar-refractivity contribution in [2.75, 3.05) is 5.73 Å². The molecule has 0 aliphatic rings. The average Bonchev–Trinajstić information content (AvgIpc) is 2.91. The number of hydrogen-bond donors (Lipinski definition) is 2. The van der Waals surface area contributed by atoms with Crippen LogP contribution in [0.2, 0.25) is 0 Å². The molecule has 0 aromatic heterocycles. The standard InChI is InChI=1S/C32H24N2/c33-22-21-27-28(23-13-5-1-6-14-23)29(24-15-7-2-8-16-24)30(25-17-9-3-10-18-25)31(32(27)34)26-19-11-4-12-20-26/h1-20H,33-34H2. The Labute approximate surface area is 200 Å². The molecule has 5 aromatic rings. The van der Waals surface area contributed by atoms with Crippen molar-refractivity contribution in [3.8, 4) is 56.5 Å². The molecule has 0 saturated carbocycles. The SMILES string of the molecule is NC#Cc1c(N)c(-c2ccccc2)c(-c2ccccc2)c(-c2ccccc2)c1-c1ccccc1. The van der Waals surface area contributed by atoms with Crippen LogP contribution in [0.15, 0.2) is 121 Å². The number of nitrogen functional groups attached to an aromatic ring is 1. The van der Waals surface area contributed by atoms with Crippen LogP contribution >= 0.6 is 0 Å². The van der Waals surface area contributed by atoms with Crippen molar-refractivity contribution < 1.29 is 0 Å². The van der Waals surface area contributed by atoms with Crippen molar-refractivity contribution in [2.24, 2.45) is 5.73 Å². The van der Waals surface area contributed by atoms with Gasteiger partial charge >= 0.3 is 0 Å². The lowest BCUT2D eigenvalue weighted by molar-refractivity contribution is 1.51.